The van der Waals surface area contributed by atoms with Crippen LogP contribution in [0.4, 0.5) is 10.2 Å². The van der Waals surface area contributed by atoms with Crippen LogP contribution in [-0.4, -0.2) is 32.0 Å². The van der Waals surface area contributed by atoms with E-state index in [0.717, 1.165) is 36.2 Å². The summed E-state index contributed by atoms with van der Waals surface area (Å²) in [4.78, 5) is 12.9. The molecule has 35 heavy (non-hydrogen) atoms. The van der Waals surface area contributed by atoms with Crippen LogP contribution in [0.2, 0.25) is 0 Å². The fraction of sp³-hybridized carbons (Fsp3) is 0.231. The number of nitrogens with one attached hydrogen (secondary N) is 1. The number of para-hydroxylation sites is 1. The minimum atomic E-state index is -0.366. The van der Waals surface area contributed by atoms with Crippen molar-refractivity contribution in [3.8, 4) is 17.4 Å². The van der Waals surface area contributed by atoms with Crippen LogP contribution >= 0.6 is 0 Å². The summed E-state index contributed by atoms with van der Waals surface area (Å²) in [7, 11) is 0. The number of aromatic nitrogens is 4. The van der Waals surface area contributed by atoms with Crippen molar-refractivity contribution >= 4 is 11.7 Å². The molecule has 1 aliphatic carbocycles. The number of fused-ring (bicyclic) bond motifs is 1. The standard InChI is InChI=1S/C26H24FN7O/c27-17-11-13-19(14-12-17)34-25(29)21(16-28)22(31-34)9-5-15-30-26(35)24-20-8-4-10-23(20)33(32-24)18-6-2-1-3-7-18/h1-3,6-7,11-14H,4-5,8-10,15,29H2,(H,30,35). The smallest absolute Gasteiger partial charge is 0.272 e. The van der Waals surface area contributed by atoms with E-state index in [0.29, 0.717) is 42.0 Å². The summed E-state index contributed by atoms with van der Waals surface area (Å²) < 4.78 is 16.6. The summed E-state index contributed by atoms with van der Waals surface area (Å²) in [6.45, 7) is 0.403. The molecule has 4 aromatic rings. The summed E-state index contributed by atoms with van der Waals surface area (Å²) in [6, 6.07) is 17.7. The molecule has 0 bridgehead atoms. The lowest BCUT2D eigenvalue weighted by molar-refractivity contribution is 0.0947. The second-order valence-electron chi connectivity index (χ2n) is 8.44. The van der Waals surface area contributed by atoms with Crippen LogP contribution in [0.5, 0.6) is 0 Å². The molecule has 0 unspecified atom stereocenters. The van der Waals surface area contributed by atoms with Gasteiger partial charge in [0.1, 0.15) is 23.3 Å². The summed E-state index contributed by atoms with van der Waals surface area (Å²) in [5.74, 6) is -0.356. The number of carbonyl (C=O) groups is 1. The summed E-state index contributed by atoms with van der Waals surface area (Å²) in [6.07, 6.45) is 3.78. The zero-order valence-electron chi connectivity index (χ0n) is 19.0. The average Bonchev–Trinajstić information content (AvgIpc) is 3.57. The SMILES string of the molecule is N#Cc1c(CCCNC(=O)c2nn(-c3ccccc3)c3c2CCC3)nn(-c2ccc(F)cc2)c1N. The van der Waals surface area contributed by atoms with E-state index in [1.54, 1.807) is 12.1 Å². The van der Waals surface area contributed by atoms with Crippen LogP contribution in [0.15, 0.2) is 54.6 Å². The van der Waals surface area contributed by atoms with Gasteiger partial charge in [0, 0.05) is 17.8 Å². The van der Waals surface area contributed by atoms with Gasteiger partial charge in [0.25, 0.3) is 5.91 Å². The molecule has 5 rings (SSSR count). The van der Waals surface area contributed by atoms with Gasteiger partial charge >= 0.3 is 0 Å². The van der Waals surface area contributed by atoms with Gasteiger partial charge in [-0.3, -0.25) is 4.79 Å². The van der Waals surface area contributed by atoms with E-state index in [9.17, 15) is 14.4 Å². The first kappa shape index (κ1) is 22.3. The summed E-state index contributed by atoms with van der Waals surface area (Å²) in [5.41, 5.74) is 11.1. The lowest BCUT2D eigenvalue weighted by atomic mass is 10.1. The Balaban J connectivity index is 1.26. The number of hydrogen-bond donors (Lipinski definition) is 2. The van der Waals surface area contributed by atoms with E-state index in [4.69, 9.17) is 5.73 Å². The molecule has 0 fully saturated rings. The Morgan fingerprint density at radius 1 is 1.06 bits per heavy atom. The number of rotatable bonds is 7. The van der Waals surface area contributed by atoms with E-state index >= 15 is 0 Å². The van der Waals surface area contributed by atoms with Crippen LogP contribution in [0.3, 0.4) is 0 Å². The van der Waals surface area contributed by atoms with E-state index in [-0.39, 0.29) is 17.5 Å². The van der Waals surface area contributed by atoms with Crippen molar-refractivity contribution in [1.82, 2.24) is 24.9 Å². The monoisotopic (exact) mass is 469 g/mol. The Bertz CT molecular complexity index is 1410. The number of nitrogen functional groups attached to an aromatic ring is 1. The molecular weight excluding hydrogens is 445 g/mol. The third kappa shape index (κ3) is 4.26. The van der Waals surface area contributed by atoms with Gasteiger partial charge in [-0.25, -0.2) is 13.8 Å². The zero-order valence-corrected chi connectivity index (χ0v) is 19.0. The fourth-order valence-electron chi connectivity index (χ4n) is 4.50. The van der Waals surface area contributed by atoms with Gasteiger partial charge in [-0.2, -0.15) is 15.5 Å². The first-order valence-electron chi connectivity index (χ1n) is 11.5. The predicted molar refractivity (Wildman–Crippen MR) is 129 cm³/mol. The van der Waals surface area contributed by atoms with Crippen molar-refractivity contribution in [3.05, 3.63) is 88.6 Å². The van der Waals surface area contributed by atoms with Crippen molar-refractivity contribution in [2.24, 2.45) is 0 Å². The van der Waals surface area contributed by atoms with Gasteiger partial charge < -0.3 is 11.1 Å². The molecule has 0 saturated carbocycles. The molecule has 1 aliphatic rings. The number of nitrogens with zero attached hydrogens (tertiary/aromatic N) is 5. The molecule has 1 amide bonds. The second-order valence-corrected chi connectivity index (χ2v) is 8.44. The molecule has 0 radical (unpaired) electrons. The van der Waals surface area contributed by atoms with Gasteiger partial charge in [-0.05, 0) is 68.5 Å². The molecule has 2 heterocycles. The molecule has 3 N–H and O–H groups in total. The number of nitrogens with two attached hydrogens (primary N) is 1. The lowest BCUT2D eigenvalue weighted by Crippen LogP contribution is -2.26. The summed E-state index contributed by atoms with van der Waals surface area (Å²) in [5, 5.41) is 21.6. The molecule has 176 valence electrons. The zero-order chi connectivity index (χ0) is 24.4. The van der Waals surface area contributed by atoms with Crippen LogP contribution in [0.1, 0.15) is 45.8 Å². The van der Waals surface area contributed by atoms with Gasteiger partial charge in [0.15, 0.2) is 5.69 Å². The van der Waals surface area contributed by atoms with E-state index in [1.807, 2.05) is 35.0 Å². The highest BCUT2D eigenvalue weighted by molar-refractivity contribution is 5.94. The van der Waals surface area contributed by atoms with Crippen molar-refractivity contribution in [2.75, 3.05) is 12.3 Å². The van der Waals surface area contributed by atoms with Crippen LogP contribution in [0.25, 0.3) is 11.4 Å². The van der Waals surface area contributed by atoms with Crippen molar-refractivity contribution in [3.63, 3.8) is 0 Å². The minimum Gasteiger partial charge on any atom is -0.382 e. The third-order valence-corrected chi connectivity index (χ3v) is 6.20. The highest BCUT2D eigenvalue weighted by Gasteiger charge is 2.26. The number of hydrogen-bond acceptors (Lipinski definition) is 5. The number of amides is 1. The Labute approximate surface area is 201 Å². The van der Waals surface area contributed by atoms with Gasteiger partial charge in [-0.1, -0.05) is 18.2 Å². The number of benzene rings is 2. The minimum absolute atomic E-state index is 0.199. The second kappa shape index (κ2) is 9.43. The number of anilines is 1. The van der Waals surface area contributed by atoms with E-state index in [2.05, 4.69) is 21.6 Å². The van der Waals surface area contributed by atoms with Crippen LogP contribution in [0, 0.1) is 17.1 Å². The fourth-order valence-corrected chi connectivity index (χ4v) is 4.50. The Kier molecular flexibility index (Phi) is 6.02. The maximum Gasteiger partial charge on any atom is 0.272 e. The number of aryl methyl sites for hydroxylation is 1. The van der Waals surface area contributed by atoms with Crippen molar-refractivity contribution < 1.29 is 9.18 Å². The number of carbonyl (C=O) groups excluding carboxylic acids is 1. The summed E-state index contributed by atoms with van der Waals surface area (Å²) >= 11 is 0. The number of halogens is 1. The normalized spacial score (nSPS) is 12.3. The quantitative estimate of drug-likeness (QED) is 0.402. The first-order chi connectivity index (χ1) is 17.1. The molecule has 2 aromatic carbocycles. The molecule has 9 heteroatoms. The van der Waals surface area contributed by atoms with E-state index in [1.165, 1.54) is 16.8 Å². The third-order valence-electron chi connectivity index (χ3n) is 6.20. The van der Waals surface area contributed by atoms with Crippen molar-refractivity contribution in [1.29, 1.82) is 5.26 Å². The van der Waals surface area contributed by atoms with Crippen LogP contribution in [-0.2, 0) is 19.3 Å². The Hall–Kier alpha value is -4.45. The molecule has 0 aliphatic heterocycles. The molecule has 0 saturated heterocycles. The molecule has 2 aromatic heterocycles. The predicted octanol–water partition coefficient (Wildman–Crippen LogP) is 3.50. The largest absolute Gasteiger partial charge is 0.382 e. The number of nitriles is 1. The maximum absolute atomic E-state index is 13.3. The molecule has 0 atom stereocenters. The Morgan fingerprint density at radius 3 is 2.54 bits per heavy atom. The molecule has 0 spiro atoms. The van der Waals surface area contributed by atoms with Gasteiger partial charge in [0.2, 0.25) is 0 Å². The first-order valence-corrected chi connectivity index (χ1v) is 11.5. The topological polar surface area (TPSA) is 115 Å². The van der Waals surface area contributed by atoms with Crippen LogP contribution < -0.4 is 11.1 Å². The van der Waals surface area contributed by atoms with Gasteiger partial charge in [-0.15, -0.1) is 0 Å². The van der Waals surface area contributed by atoms with E-state index < -0.39 is 0 Å². The maximum atomic E-state index is 13.3. The molecular formula is C26H24FN7O. The highest BCUT2D eigenvalue weighted by Crippen LogP contribution is 2.28. The lowest BCUT2D eigenvalue weighted by Gasteiger charge is -2.05. The Morgan fingerprint density at radius 2 is 1.80 bits per heavy atom. The average molecular weight is 470 g/mol. The van der Waals surface area contributed by atoms with Crippen molar-refractivity contribution in [2.45, 2.75) is 32.1 Å². The molecule has 8 nitrogen and oxygen atoms in total. The highest BCUT2D eigenvalue weighted by atomic mass is 19.1. The van der Waals surface area contributed by atoms with Gasteiger partial charge in [0.05, 0.1) is 17.1 Å².